The van der Waals surface area contributed by atoms with Crippen LogP contribution in [0.15, 0.2) is 29.2 Å². The van der Waals surface area contributed by atoms with Gasteiger partial charge in [-0.2, -0.15) is 0 Å². The van der Waals surface area contributed by atoms with Crippen LogP contribution in [0.2, 0.25) is 0 Å². The fourth-order valence-corrected chi connectivity index (χ4v) is 1.77. The predicted molar refractivity (Wildman–Crippen MR) is 55.0 cm³/mol. The van der Waals surface area contributed by atoms with E-state index >= 15 is 0 Å². The predicted octanol–water partition coefficient (Wildman–Crippen LogP) is 1.93. The van der Waals surface area contributed by atoms with Crippen LogP contribution in [0.1, 0.15) is 0 Å². The highest BCUT2D eigenvalue weighted by atomic mass is 32.2. The van der Waals surface area contributed by atoms with Gasteiger partial charge >= 0.3 is 0 Å². The van der Waals surface area contributed by atoms with Gasteiger partial charge in [0.1, 0.15) is 5.82 Å². The lowest BCUT2D eigenvalue weighted by Crippen LogP contribution is -2.16. The minimum Gasteiger partial charge on any atom is -0.390 e. The Morgan fingerprint density at radius 1 is 1.43 bits per heavy atom. The van der Waals surface area contributed by atoms with Crippen LogP contribution >= 0.6 is 11.8 Å². The number of hydrogen-bond donors (Lipinski definition) is 1. The van der Waals surface area contributed by atoms with Crippen molar-refractivity contribution in [2.24, 2.45) is 0 Å². The van der Waals surface area contributed by atoms with Crippen molar-refractivity contribution in [3.8, 4) is 0 Å². The van der Waals surface area contributed by atoms with Gasteiger partial charge in [-0.3, -0.25) is 0 Å². The zero-order valence-corrected chi connectivity index (χ0v) is 8.76. The van der Waals surface area contributed by atoms with Crippen molar-refractivity contribution in [1.82, 2.24) is 0 Å². The Hall–Kier alpha value is -0.580. The summed E-state index contributed by atoms with van der Waals surface area (Å²) in [6.45, 7) is 0.328. The molecule has 0 aliphatic heterocycles. The van der Waals surface area contributed by atoms with E-state index in [0.717, 1.165) is 4.90 Å². The molecule has 2 nitrogen and oxygen atoms in total. The summed E-state index contributed by atoms with van der Waals surface area (Å²) in [7, 11) is 1.55. The van der Waals surface area contributed by atoms with E-state index in [1.54, 1.807) is 19.2 Å². The van der Waals surface area contributed by atoms with Crippen LogP contribution in [0.5, 0.6) is 0 Å². The molecule has 0 aromatic heterocycles. The van der Waals surface area contributed by atoms with Crippen LogP contribution in [0, 0.1) is 5.82 Å². The fraction of sp³-hybridized carbons (Fsp3) is 0.400. The molecular formula is C10H13FO2S. The van der Waals surface area contributed by atoms with Crippen molar-refractivity contribution in [2.45, 2.75) is 11.0 Å². The molecule has 1 aromatic carbocycles. The first-order valence-corrected chi connectivity index (χ1v) is 5.26. The van der Waals surface area contributed by atoms with E-state index in [2.05, 4.69) is 0 Å². The monoisotopic (exact) mass is 216 g/mol. The SMILES string of the molecule is COCC(O)CSc1ccc(F)cc1. The van der Waals surface area contributed by atoms with Crippen molar-refractivity contribution in [3.05, 3.63) is 30.1 Å². The van der Waals surface area contributed by atoms with E-state index in [1.165, 1.54) is 23.9 Å². The summed E-state index contributed by atoms with van der Waals surface area (Å²) in [6.07, 6.45) is -0.477. The molecular weight excluding hydrogens is 203 g/mol. The number of benzene rings is 1. The Bertz CT molecular complexity index is 263. The molecule has 0 aliphatic carbocycles. The highest BCUT2D eigenvalue weighted by molar-refractivity contribution is 7.99. The minimum absolute atomic E-state index is 0.244. The van der Waals surface area contributed by atoms with Gasteiger partial charge in [-0.1, -0.05) is 0 Å². The second-order valence-electron chi connectivity index (χ2n) is 2.87. The quantitative estimate of drug-likeness (QED) is 0.763. The molecule has 1 atom stereocenters. The number of rotatable bonds is 5. The number of hydrogen-bond acceptors (Lipinski definition) is 3. The minimum atomic E-state index is -0.477. The van der Waals surface area contributed by atoms with Gasteiger partial charge in [0.15, 0.2) is 0 Å². The molecule has 1 rings (SSSR count). The Balaban J connectivity index is 2.34. The van der Waals surface area contributed by atoms with Crippen molar-refractivity contribution in [3.63, 3.8) is 0 Å². The van der Waals surface area contributed by atoms with Gasteiger partial charge in [-0.15, -0.1) is 11.8 Å². The van der Waals surface area contributed by atoms with E-state index < -0.39 is 6.10 Å². The molecule has 14 heavy (non-hydrogen) atoms. The molecule has 0 fully saturated rings. The number of aliphatic hydroxyl groups excluding tert-OH is 1. The van der Waals surface area contributed by atoms with E-state index in [9.17, 15) is 9.50 Å². The largest absolute Gasteiger partial charge is 0.390 e. The fourth-order valence-electron chi connectivity index (χ4n) is 0.964. The van der Waals surface area contributed by atoms with E-state index in [1.807, 2.05) is 0 Å². The average Bonchev–Trinajstić information content (AvgIpc) is 2.17. The summed E-state index contributed by atoms with van der Waals surface area (Å²) in [5.74, 6) is 0.311. The maximum absolute atomic E-state index is 12.5. The van der Waals surface area contributed by atoms with E-state index in [0.29, 0.717) is 12.4 Å². The molecule has 0 bridgehead atoms. The van der Waals surface area contributed by atoms with Crippen LogP contribution in [-0.4, -0.2) is 30.7 Å². The van der Waals surface area contributed by atoms with Crippen molar-refractivity contribution >= 4 is 11.8 Å². The second kappa shape index (κ2) is 6.01. The second-order valence-corrected chi connectivity index (χ2v) is 3.97. The van der Waals surface area contributed by atoms with Gasteiger partial charge in [0, 0.05) is 17.8 Å². The maximum atomic E-state index is 12.5. The first kappa shape index (κ1) is 11.5. The molecule has 78 valence electrons. The van der Waals surface area contributed by atoms with Crippen molar-refractivity contribution < 1.29 is 14.2 Å². The van der Waals surface area contributed by atoms with Gasteiger partial charge in [-0.05, 0) is 24.3 Å². The summed E-state index contributed by atoms with van der Waals surface area (Å²) >= 11 is 1.48. The third kappa shape index (κ3) is 4.09. The molecule has 0 aliphatic rings. The summed E-state index contributed by atoms with van der Waals surface area (Å²) in [5.41, 5.74) is 0. The summed E-state index contributed by atoms with van der Waals surface area (Å²) in [5, 5.41) is 9.35. The smallest absolute Gasteiger partial charge is 0.123 e. The Morgan fingerprint density at radius 3 is 2.64 bits per heavy atom. The lowest BCUT2D eigenvalue weighted by Gasteiger charge is -2.08. The molecule has 1 aromatic rings. The van der Waals surface area contributed by atoms with E-state index in [4.69, 9.17) is 4.74 Å². The molecule has 1 N–H and O–H groups in total. The van der Waals surface area contributed by atoms with Crippen molar-refractivity contribution in [1.29, 1.82) is 0 Å². The Kier molecular flexibility index (Phi) is 4.93. The highest BCUT2D eigenvalue weighted by Crippen LogP contribution is 2.18. The number of ether oxygens (including phenoxy) is 1. The molecule has 0 heterocycles. The Labute approximate surface area is 87.1 Å². The lowest BCUT2D eigenvalue weighted by atomic mass is 10.4. The number of methoxy groups -OCH3 is 1. The number of thioether (sulfide) groups is 1. The summed E-state index contributed by atoms with van der Waals surface area (Å²) < 4.78 is 17.3. The first-order valence-electron chi connectivity index (χ1n) is 4.27. The van der Waals surface area contributed by atoms with Gasteiger partial charge in [0.25, 0.3) is 0 Å². The van der Waals surface area contributed by atoms with Crippen LogP contribution in [-0.2, 0) is 4.74 Å². The molecule has 0 saturated carbocycles. The topological polar surface area (TPSA) is 29.5 Å². The molecule has 0 amide bonds. The van der Waals surface area contributed by atoms with Crippen LogP contribution < -0.4 is 0 Å². The van der Waals surface area contributed by atoms with Gasteiger partial charge in [0.05, 0.1) is 12.7 Å². The summed E-state index contributed by atoms with van der Waals surface area (Å²) in [4.78, 5) is 0.946. The van der Waals surface area contributed by atoms with Gasteiger partial charge in [-0.25, -0.2) is 4.39 Å². The molecule has 1 unspecified atom stereocenters. The van der Waals surface area contributed by atoms with Gasteiger partial charge in [0.2, 0.25) is 0 Å². The van der Waals surface area contributed by atoms with Gasteiger partial charge < -0.3 is 9.84 Å². The maximum Gasteiger partial charge on any atom is 0.123 e. The highest BCUT2D eigenvalue weighted by Gasteiger charge is 2.03. The average molecular weight is 216 g/mol. The standard InChI is InChI=1S/C10H13FO2S/c1-13-6-9(12)7-14-10-4-2-8(11)3-5-10/h2-5,9,12H,6-7H2,1H3. The van der Waals surface area contributed by atoms with Crippen LogP contribution in [0.4, 0.5) is 4.39 Å². The third-order valence-corrected chi connectivity index (χ3v) is 2.77. The molecule has 0 saturated heterocycles. The first-order chi connectivity index (χ1) is 6.72. The Morgan fingerprint density at radius 2 is 2.07 bits per heavy atom. The van der Waals surface area contributed by atoms with Crippen molar-refractivity contribution in [2.75, 3.05) is 19.5 Å². The lowest BCUT2D eigenvalue weighted by molar-refractivity contribution is 0.0794. The molecule has 0 spiro atoms. The zero-order valence-electron chi connectivity index (χ0n) is 7.94. The molecule has 4 heteroatoms. The summed E-state index contributed by atoms with van der Waals surface area (Å²) in [6, 6.07) is 6.20. The number of aliphatic hydroxyl groups is 1. The zero-order chi connectivity index (χ0) is 10.4. The number of halogens is 1. The molecule has 0 radical (unpaired) electrons. The van der Waals surface area contributed by atoms with E-state index in [-0.39, 0.29) is 5.82 Å². The van der Waals surface area contributed by atoms with Crippen LogP contribution in [0.25, 0.3) is 0 Å². The third-order valence-electron chi connectivity index (χ3n) is 1.62. The normalized spacial score (nSPS) is 12.8. The van der Waals surface area contributed by atoms with Crippen LogP contribution in [0.3, 0.4) is 0 Å².